The Kier molecular flexibility index (Phi) is 4.75. The minimum atomic E-state index is -0.286. The molecule has 2 fully saturated rings. The molecule has 3 amide bonds. The van der Waals surface area contributed by atoms with Crippen LogP contribution in [0.2, 0.25) is 0 Å². The van der Waals surface area contributed by atoms with Crippen molar-refractivity contribution in [3.63, 3.8) is 0 Å². The number of hydrogen-bond donors (Lipinski definition) is 1. The largest absolute Gasteiger partial charge is 0.368 e. The number of rotatable bonds is 2. The molecule has 1 atom stereocenters. The summed E-state index contributed by atoms with van der Waals surface area (Å²) in [6.07, 6.45) is 1.47. The monoisotopic (exact) mass is 353 g/mol. The summed E-state index contributed by atoms with van der Waals surface area (Å²) in [7, 11) is 0. The van der Waals surface area contributed by atoms with Crippen molar-refractivity contribution in [3.05, 3.63) is 42.5 Å². The van der Waals surface area contributed by atoms with Gasteiger partial charge in [0.2, 0.25) is 0 Å². The summed E-state index contributed by atoms with van der Waals surface area (Å²) in [4.78, 5) is 28.6. The highest BCUT2D eigenvalue weighted by Crippen LogP contribution is 2.23. The van der Waals surface area contributed by atoms with Gasteiger partial charge >= 0.3 is 6.03 Å². The van der Waals surface area contributed by atoms with Gasteiger partial charge in [0.15, 0.2) is 0 Å². The maximum atomic E-state index is 12.6. The minimum Gasteiger partial charge on any atom is -0.368 e. The van der Waals surface area contributed by atoms with E-state index in [1.165, 1.54) is 0 Å². The molecule has 0 saturated carbocycles. The summed E-state index contributed by atoms with van der Waals surface area (Å²) < 4.78 is 5.48. The number of hydrogen-bond acceptors (Lipinski definition) is 3. The van der Waals surface area contributed by atoms with Gasteiger partial charge in [-0.2, -0.15) is 0 Å². The second-order valence-electron chi connectivity index (χ2n) is 6.77. The van der Waals surface area contributed by atoms with Gasteiger partial charge in [0, 0.05) is 38.2 Å². The molecular formula is C20H23N3O3. The van der Waals surface area contributed by atoms with Gasteiger partial charge in [-0.1, -0.05) is 36.4 Å². The molecule has 6 heteroatoms. The Morgan fingerprint density at radius 1 is 0.962 bits per heavy atom. The third-order valence-electron chi connectivity index (χ3n) is 5.11. The Bertz CT molecular complexity index is 804. The van der Waals surface area contributed by atoms with Gasteiger partial charge in [0.25, 0.3) is 5.91 Å². The zero-order valence-electron chi connectivity index (χ0n) is 14.7. The number of benzene rings is 2. The molecule has 0 bridgehead atoms. The number of carbonyl (C=O) groups is 2. The number of ether oxygens (including phenoxy) is 1. The van der Waals surface area contributed by atoms with Crippen LogP contribution in [0.3, 0.4) is 0 Å². The van der Waals surface area contributed by atoms with Crippen LogP contribution in [0, 0.1) is 0 Å². The Morgan fingerprint density at radius 2 is 1.69 bits per heavy atom. The zero-order chi connectivity index (χ0) is 17.9. The summed E-state index contributed by atoms with van der Waals surface area (Å²) in [6.45, 7) is 2.86. The molecular weight excluding hydrogens is 330 g/mol. The van der Waals surface area contributed by atoms with E-state index >= 15 is 0 Å². The van der Waals surface area contributed by atoms with Crippen molar-refractivity contribution in [2.45, 2.75) is 18.9 Å². The highest BCUT2D eigenvalue weighted by atomic mass is 16.5. The molecule has 0 aliphatic carbocycles. The molecule has 0 unspecified atom stereocenters. The fraction of sp³-hybridized carbons (Fsp3) is 0.400. The Morgan fingerprint density at radius 3 is 2.46 bits per heavy atom. The van der Waals surface area contributed by atoms with Crippen molar-refractivity contribution >= 4 is 28.4 Å². The first-order valence-corrected chi connectivity index (χ1v) is 9.16. The van der Waals surface area contributed by atoms with Crippen LogP contribution in [-0.4, -0.2) is 60.6 Å². The van der Waals surface area contributed by atoms with E-state index < -0.39 is 0 Å². The molecule has 1 N–H and O–H groups in total. The van der Waals surface area contributed by atoms with E-state index in [4.69, 9.17) is 4.74 Å². The van der Waals surface area contributed by atoms with Gasteiger partial charge in [0.1, 0.15) is 6.10 Å². The molecule has 26 heavy (non-hydrogen) atoms. The van der Waals surface area contributed by atoms with Gasteiger partial charge < -0.3 is 19.9 Å². The molecule has 2 heterocycles. The van der Waals surface area contributed by atoms with Crippen molar-refractivity contribution in [1.29, 1.82) is 0 Å². The lowest BCUT2D eigenvalue weighted by molar-refractivity contribution is -0.142. The molecule has 0 aromatic heterocycles. The third-order valence-corrected chi connectivity index (χ3v) is 5.11. The molecule has 2 aliphatic heterocycles. The SMILES string of the molecule is O=C(Nc1cccc2ccccc12)N1CCN(C(=O)[C@H]2CCCO2)CC1. The number of urea groups is 1. The molecule has 0 spiro atoms. The molecule has 0 radical (unpaired) electrons. The normalized spacial score (nSPS) is 20.4. The van der Waals surface area contributed by atoms with Crippen molar-refractivity contribution in [3.8, 4) is 0 Å². The number of piperazine rings is 1. The Hall–Kier alpha value is -2.60. The van der Waals surface area contributed by atoms with Crippen molar-refractivity contribution < 1.29 is 14.3 Å². The fourth-order valence-corrected chi connectivity index (χ4v) is 3.63. The van der Waals surface area contributed by atoms with Crippen molar-refractivity contribution in [2.24, 2.45) is 0 Å². The number of nitrogens with one attached hydrogen (secondary N) is 1. The van der Waals surface area contributed by atoms with Crippen LogP contribution >= 0.6 is 0 Å². The average molecular weight is 353 g/mol. The topological polar surface area (TPSA) is 61.9 Å². The molecule has 2 aliphatic rings. The quantitative estimate of drug-likeness (QED) is 0.903. The van der Waals surface area contributed by atoms with Crippen molar-refractivity contribution in [2.75, 3.05) is 38.1 Å². The first-order valence-electron chi connectivity index (χ1n) is 9.16. The Labute approximate surface area is 152 Å². The highest BCUT2D eigenvalue weighted by Gasteiger charge is 2.31. The van der Waals surface area contributed by atoms with E-state index in [-0.39, 0.29) is 18.0 Å². The number of fused-ring (bicyclic) bond motifs is 1. The van der Waals surface area contributed by atoms with E-state index in [0.29, 0.717) is 32.8 Å². The van der Waals surface area contributed by atoms with Gasteiger partial charge in [-0.05, 0) is 24.3 Å². The summed E-state index contributed by atoms with van der Waals surface area (Å²) in [5.74, 6) is 0.0663. The van der Waals surface area contributed by atoms with Gasteiger partial charge in [-0.3, -0.25) is 4.79 Å². The lowest BCUT2D eigenvalue weighted by Crippen LogP contribution is -2.53. The number of amides is 3. The summed E-state index contributed by atoms with van der Waals surface area (Å²) in [6, 6.07) is 13.7. The van der Waals surface area contributed by atoms with E-state index in [2.05, 4.69) is 5.32 Å². The van der Waals surface area contributed by atoms with E-state index in [9.17, 15) is 9.59 Å². The summed E-state index contributed by atoms with van der Waals surface area (Å²) >= 11 is 0. The van der Waals surface area contributed by atoms with E-state index in [1.54, 1.807) is 4.90 Å². The Balaban J connectivity index is 1.37. The molecule has 6 nitrogen and oxygen atoms in total. The van der Waals surface area contributed by atoms with Crippen LogP contribution in [0.4, 0.5) is 10.5 Å². The maximum Gasteiger partial charge on any atom is 0.321 e. The molecule has 2 saturated heterocycles. The number of nitrogens with zero attached hydrogens (tertiary/aromatic N) is 2. The number of carbonyl (C=O) groups excluding carboxylic acids is 2. The van der Waals surface area contributed by atoms with E-state index in [0.717, 1.165) is 29.3 Å². The lowest BCUT2D eigenvalue weighted by atomic mass is 10.1. The second kappa shape index (κ2) is 7.33. The van der Waals surface area contributed by atoms with Gasteiger partial charge in [-0.15, -0.1) is 0 Å². The second-order valence-corrected chi connectivity index (χ2v) is 6.77. The predicted molar refractivity (Wildman–Crippen MR) is 100 cm³/mol. The smallest absolute Gasteiger partial charge is 0.321 e. The third kappa shape index (κ3) is 3.37. The molecule has 2 aromatic rings. The van der Waals surface area contributed by atoms with Gasteiger partial charge in [0.05, 0.1) is 5.69 Å². The lowest BCUT2D eigenvalue weighted by Gasteiger charge is -2.35. The predicted octanol–water partition coefficient (Wildman–Crippen LogP) is 2.69. The van der Waals surface area contributed by atoms with Crippen LogP contribution in [-0.2, 0) is 9.53 Å². The minimum absolute atomic E-state index is 0.0663. The fourth-order valence-electron chi connectivity index (χ4n) is 3.63. The molecule has 4 rings (SSSR count). The van der Waals surface area contributed by atoms with E-state index in [1.807, 2.05) is 47.4 Å². The van der Waals surface area contributed by atoms with Crippen LogP contribution in [0.15, 0.2) is 42.5 Å². The standard InChI is InChI=1S/C20H23N3O3/c24-19(18-9-4-14-26-18)22-10-12-23(13-11-22)20(25)21-17-8-3-6-15-5-1-2-7-16(15)17/h1-3,5-8,18H,4,9-14H2,(H,21,25)/t18-/m1/s1. The van der Waals surface area contributed by atoms with Crippen LogP contribution in [0.5, 0.6) is 0 Å². The van der Waals surface area contributed by atoms with Crippen LogP contribution in [0.25, 0.3) is 10.8 Å². The molecule has 2 aromatic carbocycles. The molecule has 136 valence electrons. The average Bonchev–Trinajstić information content (AvgIpc) is 3.23. The zero-order valence-corrected chi connectivity index (χ0v) is 14.7. The first-order chi connectivity index (χ1) is 12.7. The number of anilines is 1. The summed E-state index contributed by atoms with van der Waals surface area (Å²) in [5.41, 5.74) is 0.811. The summed E-state index contributed by atoms with van der Waals surface area (Å²) in [5, 5.41) is 5.13. The maximum absolute atomic E-state index is 12.6. The van der Waals surface area contributed by atoms with Gasteiger partial charge in [-0.25, -0.2) is 4.79 Å². The van der Waals surface area contributed by atoms with Crippen molar-refractivity contribution in [1.82, 2.24) is 9.80 Å². The highest BCUT2D eigenvalue weighted by molar-refractivity contribution is 6.01. The van der Waals surface area contributed by atoms with Crippen LogP contribution < -0.4 is 5.32 Å². The van der Waals surface area contributed by atoms with Crippen LogP contribution in [0.1, 0.15) is 12.8 Å². The first kappa shape index (κ1) is 16.8.